The first-order valence-corrected chi connectivity index (χ1v) is 10.8. The molecule has 2 aromatic carbocycles. The fourth-order valence-electron chi connectivity index (χ4n) is 3.60. The van der Waals surface area contributed by atoms with Crippen LogP contribution in [-0.2, 0) is 15.6 Å². The highest BCUT2D eigenvalue weighted by Crippen LogP contribution is 2.38. The lowest BCUT2D eigenvalue weighted by Gasteiger charge is -2.34. The first-order chi connectivity index (χ1) is 13.9. The third-order valence-electron chi connectivity index (χ3n) is 5.11. The molecule has 0 bridgehead atoms. The molecular weight excluding hydrogens is 400 g/mol. The monoisotopic (exact) mass is 419 g/mol. The van der Waals surface area contributed by atoms with E-state index < -0.39 is 27.2 Å². The molecule has 1 saturated carbocycles. The molecule has 0 spiro atoms. The molecule has 9 heteroatoms. The van der Waals surface area contributed by atoms with Gasteiger partial charge in [-0.15, -0.1) is 0 Å². The summed E-state index contributed by atoms with van der Waals surface area (Å²) in [6, 6.07) is 11.7. The molecule has 0 saturated heterocycles. The highest BCUT2D eigenvalue weighted by molar-refractivity contribution is 7.89. The summed E-state index contributed by atoms with van der Waals surface area (Å²) in [5.74, 6) is -1.81. The molecule has 29 heavy (non-hydrogen) atoms. The van der Waals surface area contributed by atoms with E-state index in [4.69, 9.17) is 4.52 Å². The van der Waals surface area contributed by atoms with Gasteiger partial charge in [-0.1, -0.05) is 54.8 Å². The molecule has 1 aromatic heterocycles. The highest BCUT2D eigenvalue weighted by atomic mass is 32.2. The zero-order chi connectivity index (χ0) is 20.5. The summed E-state index contributed by atoms with van der Waals surface area (Å²) < 4.78 is 60.8. The van der Waals surface area contributed by atoms with Gasteiger partial charge in [-0.3, -0.25) is 0 Å². The first kappa shape index (κ1) is 19.7. The summed E-state index contributed by atoms with van der Waals surface area (Å²) in [6.07, 6.45) is 3.42. The maximum atomic E-state index is 13.6. The third kappa shape index (κ3) is 3.92. The van der Waals surface area contributed by atoms with Crippen LogP contribution in [0.25, 0.3) is 11.4 Å². The molecule has 6 nitrogen and oxygen atoms in total. The normalized spacial score (nSPS) is 16.6. The van der Waals surface area contributed by atoms with Gasteiger partial charge in [0.2, 0.25) is 21.7 Å². The Hall–Kier alpha value is -2.65. The molecule has 0 radical (unpaired) electrons. The molecular formula is C20H19F2N3O3S. The number of aromatic nitrogens is 2. The van der Waals surface area contributed by atoms with E-state index in [2.05, 4.69) is 14.9 Å². The molecule has 0 aliphatic heterocycles. The number of hydrogen-bond acceptors (Lipinski definition) is 5. The largest absolute Gasteiger partial charge is 0.337 e. The second kappa shape index (κ2) is 7.64. The zero-order valence-electron chi connectivity index (χ0n) is 15.4. The number of sulfonamides is 1. The van der Waals surface area contributed by atoms with Crippen molar-refractivity contribution in [1.29, 1.82) is 0 Å². The molecule has 1 aliphatic rings. The predicted octanol–water partition coefficient (Wildman–Crippen LogP) is 4.15. The quantitative estimate of drug-likeness (QED) is 0.671. The number of nitrogens with one attached hydrogen (secondary N) is 1. The molecule has 3 aromatic rings. The van der Waals surface area contributed by atoms with Crippen molar-refractivity contribution in [2.24, 2.45) is 0 Å². The second-order valence-corrected chi connectivity index (χ2v) is 8.80. The van der Waals surface area contributed by atoms with Crippen molar-refractivity contribution in [3.05, 3.63) is 66.1 Å². The van der Waals surface area contributed by atoms with Gasteiger partial charge >= 0.3 is 0 Å². The van der Waals surface area contributed by atoms with Gasteiger partial charge < -0.3 is 4.52 Å². The second-order valence-electron chi connectivity index (χ2n) is 7.11. The summed E-state index contributed by atoms with van der Waals surface area (Å²) in [5, 5.41) is 4.00. The van der Waals surface area contributed by atoms with Crippen LogP contribution in [-0.4, -0.2) is 18.6 Å². The SMILES string of the molecule is O=S(=O)(NC1(c2nc(-c3ccccc3)no2)CCCCC1)c1ccc(F)c(F)c1. The number of halogens is 2. The van der Waals surface area contributed by atoms with Crippen LogP contribution in [0.3, 0.4) is 0 Å². The number of benzene rings is 2. The van der Waals surface area contributed by atoms with Crippen LogP contribution in [0.5, 0.6) is 0 Å². The van der Waals surface area contributed by atoms with E-state index in [1.165, 1.54) is 0 Å². The molecule has 0 unspecified atom stereocenters. The minimum absolute atomic E-state index is 0.169. The predicted molar refractivity (Wildman–Crippen MR) is 101 cm³/mol. The Bertz CT molecular complexity index is 1110. The first-order valence-electron chi connectivity index (χ1n) is 9.28. The van der Waals surface area contributed by atoms with Crippen molar-refractivity contribution in [3.8, 4) is 11.4 Å². The van der Waals surface area contributed by atoms with E-state index in [9.17, 15) is 17.2 Å². The number of hydrogen-bond donors (Lipinski definition) is 1. The van der Waals surface area contributed by atoms with Gasteiger partial charge in [0.05, 0.1) is 4.90 Å². The maximum absolute atomic E-state index is 13.6. The Kier molecular flexibility index (Phi) is 5.18. The molecule has 152 valence electrons. The van der Waals surface area contributed by atoms with Crippen molar-refractivity contribution in [1.82, 2.24) is 14.9 Å². The number of nitrogens with zero attached hydrogens (tertiary/aromatic N) is 2. The summed E-state index contributed by atoms with van der Waals surface area (Å²) in [6.45, 7) is 0. The standard InChI is InChI=1S/C20H19F2N3O3S/c21-16-10-9-15(13-17(16)22)29(26,27)25-20(11-5-2-6-12-20)19-23-18(24-28-19)14-7-3-1-4-8-14/h1,3-4,7-10,13,25H,2,5-6,11-12H2. The van der Waals surface area contributed by atoms with Gasteiger partial charge in [0.15, 0.2) is 11.6 Å². The van der Waals surface area contributed by atoms with Crippen LogP contribution in [0.4, 0.5) is 8.78 Å². The van der Waals surface area contributed by atoms with Crippen molar-refractivity contribution < 1.29 is 21.7 Å². The zero-order valence-corrected chi connectivity index (χ0v) is 16.3. The van der Waals surface area contributed by atoms with Crippen molar-refractivity contribution in [2.75, 3.05) is 0 Å². The van der Waals surface area contributed by atoms with E-state index in [1.54, 1.807) is 0 Å². The van der Waals surface area contributed by atoms with Crippen LogP contribution in [0, 0.1) is 11.6 Å². The average molecular weight is 419 g/mol. The summed E-state index contributed by atoms with van der Waals surface area (Å²) in [7, 11) is -4.15. The molecule has 4 rings (SSSR count). The summed E-state index contributed by atoms with van der Waals surface area (Å²) >= 11 is 0. The Morgan fingerprint density at radius 1 is 0.966 bits per heavy atom. The maximum Gasteiger partial charge on any atom is 0.248 e. The Morgan fingerprint density at radius 2 is 1.69 bits per heavy atom. The molecule has 1 fully saturated rings. The van der Waals surface area contributed by atoms with Crippen molar-refractivity contribution in [2.45, 2.75) is 42.5 Å². The van der Waals surface area contributed by atoms with Crippen LogP contribution >= 0.6 is 0 Å². The lowest BCUT2D eigenvalue weighted by atomic mass is 9.82. The molecule has 0 atom stereocenters. The molecule has 1 N–H and O–H groups in total. The van der Waals surface area contributed by atoms with E-state index in [-0.39, 0.29) is 10.8 Å². The Balaban J connectivity index is 1.71. The van der Waals surface area contributed by atoms with Gasteiger partial charge in [0, 0.05) is 5.56 Å². The van der Waals surface area contributed by atoms with E-state index >= 15 is 0 Å². The summed E-state index contributed by atoms with van der Waals surface area (Å²) in [5.41, 5.74) is -0.348. The van der Waals surface area contributed by atoms with Gasteiger partial charge in [-0.2, -0.15) is 9.71 Å². The Morgan fingerprint density at radius 3 is 2.38 bits per heavy atom. The molecule has 1 heterocycles. The highest BCUT2D eigenvalue weighted by Gasteiger charge is 2.43. The van der Waals surface area contributed by atoms with Gasteiger partial charge in [0.25, 0.3) is 0 Å². The minimum Gasteiger partial charge on any atom is -0.337 e. The average Bonchev–Trinajstić information content (AvgIpc) is 3.22. The minimum atomic E-state index is -4.15. The van der Waals surface area contributed by atoms with Gasteiger partial charge in [-0.05, 0) is 31.0 Å². The van der Waals surface area contributed by atoms with Crippen molar-refractivity contribution in [3.63, 3.8) is 0 Å². The van der Waals surface area contributed by atoms with Crippen LogP contribution in [0.1, 0.15) is 38.0 Å². The van der Waals surface area contributed by atoms with Crippen LogP contribution in [0.15, 0.2) is 57.9 Å². The van der Waals surface area contributed by atoms with Crippen molar-refractivity contribution >= 4 is 10.0 Å². The number of rotatable bonds is 5. The van der Waals surface area contributed by atoms with Gasteiger partial charge in [0.1, 0.15) is 5.54 Å². The topological polar surface area (TPSA) is 85.1 Å². The molecule has 0 amide bonds. The lowest BCUT2D eigenvalue weighted by Crippen LogP contribution is -2.47. The van der Waals surface area contributed by atoms with E-state index in [0.29, 0.717) is 24.7 Å². The Labute approximate surface area is 167 Å². The van der Waals surface area contributed by atoms with Crippen LogP contribution in [0.2, 0.25) is 0 Å². The smallest absolute Gasteiger partial charge is 0.248 e. The third-order valence-corrected chi connectivity index (χ3v) is 6.64. The van der Waals surface area contributed by atoms with Crippen LogP contribution < -0.4 is 4.72 Å². The van der Waals surface area contributed by atoms with Gasteiger partial charge in [-0.25, -0.2) is 17.2 Å². The van der Waals surface area contributed by atoms with E-state index in [1.807, 2.05) is 30.3 Å². The molecule has 1 aliphatic carbocycles. The van der Waals surface area contributed by atoms with E-state index in [0.717, 1.165) is 37.0 Å². The summed E-state index contributed by atoms with van der Waals surface area (Å²) in [4.78, 5) is 4.09. The fraction of sp³-hybridized carbons (Fsp3) is 0.300. The fourth-order valence-corrected chi connectivity index (χ4v) is 5.03. The lowest BCUT2D eigenvalue weighted by molar-refractivity contribution is 0.199.